The molecule has 0 aliphatic rings. The van der Waals surface area contributed by atoms with E-state index in [9.17, 15) is 4.79 Å². The van der Waals surface area contributed by atoms with Crippen molar-refractivity contribution >= 4 is 11.6 Å². The van der Waals surface area contributed by atoms with Crippen LogP contribution in [0.15, 0.2) is 79.4 Å². The van der Waals surface area contributed by atoms with Crippen LogP contribution in [0, 0.1) is 0 Å². The first-order chi connectivity index (χ1) is 15.1. The van der Waals surface area contributed by atoms with Crippen LogP contribution in [-0.4, -0.2) is 26.2 Å². The van der Waals surface area contributed by atoms with Gasteiger partial charge in [0.25, 0.3) is 5.91 Å². The Labute approximate surface area is 182 Å². The minimum atomic E-state index is -0.255. The molecular weight excluding hydrogens is 394 g/mol. The van der Waals surface area contributed by atoms with E-state index in [0.29, 0.717) is 53.2 Å². The lowest BCUT2D eigenvalue weighted by Gasteiger charge is -2.13. The van der Waals surface area contributed by atoms with Crippen LogP contribution < -0.4 is 24.3 Å². The lowest BCUT2D eigenvalue weighted by Crippen LogP contribution is -2.12. The second-order valence-corrected chi connectivity index (χ2v) is 6.43. The summed E-state index contributed by atoms with van der Waals surface area (Å²) in [5, 5.41) is 2.87. The predicted molar refractivity (Wildman–Crippen MR) is 121 cm³/mol. The number of carbonyl (C=O) groups is 1. The van der Waals surface area contributed by atoms with Gasteiger partial charge in [-0.05, 0) is 61.5 Å². The molecule has 0 spiro atoms. The molecule has 0 saturated carbocycles. The molecule has 1 N–H and O–H groups in total. The number of hydrogen-bond acceptors (Lipinski definition) is 5. The van der Waals surface area contributed by atoms with Crippen molar-refractivity contribution < 1.29 is 23.7 Å². The van der Waals surface area contributed by atoms with E-state index in [-0.39, 0.29) is 5.91 Å². The third-order valence-corrected chi connectivity index (χ3v) is 4.27. The van der Waals surface area contributed by atoms with Gasteiger partial charge in [-0.15, -0.1) is 0 Å². The van der Waals surface area contributed by atoms with Crippen molar-refractivity contribution in [2.24, 2.45) is 0 Å². The number of rotatable bonds is 10. The van der Waals surface area contributed by atoms with Crippen LogP contribution >= 0.6 is 0 Å². The number of amides is 1. The van der Waals surface area contributed by atoms with Gasteiger partial charge in [-0.3, -0.25) is 4.79 Å². The van der Waals surface area contributed by atoms with Crippen LogP contribution in [0.5, 0.6) is 28.7 Å². The number of hydrogen-bond donors (Lipinski definition) is 1. The molecule has 0 fully saturated rings. The van der Waals surface area contributed by atoms with Crippen molar-refractivity contribution in [2.75, 3.05) is 25.6 Å². The summed E-state index contributed by atoms with van der Waals surface area (Å²) < 4.78 is 22.3. The van der Waals surface area contributed by atoms with Crippen molar-refractivity contribution in [3.05, 3.63) is 84.9 Å². The zero-order valence-electron chi connectivity index (χ0n) is 17.6. The third-order valence-electron chi connectivity index (χ3n) is 4.27. The maximum absolute atomic E-state index is 12.7. The summed E-state index contributed by atoms with van der Waals surface area (Å²) in [5.74, 6) is 2.71. The Morgan fingerprint density at radius 1 is 0.935 bits per heavy atom. The SMILES string of the molecule is C=CCOc1ccc(C(=O)Nc2ccc(Oc3ccccc3OC)cc2)cc1OCC. The molecule has 0 aliphatic heterocycles. The van der Waals surface area contributed by atoms with Gasteiger partial charge in [-0.2, -0.15) is 0 Å². The summed E-state index contributed by atoms with van der Waals surface area (Å²) in [5.41, 5.74) is 1.10. The van der Waals surface area contributed by atoms with E-state index in [4.69, 9.17) is 18.9 Å². The standard InChI is InChI=1S/C25H25NO5/c1-4-16-30-22-15-10-18(17-24(22)29-5-2)25(27)26-19-11-13-20(14-12-19)31-23-9-7-6-8-21(23)28-3/h4,6-15,17H,1,5,16H2,2-3H3,(H,26,27). The molecule has 0 bridgehead atoms. The van der Waals surface area contributed by atoms with Crippen LogP contribution in [0.4, 0.5) is 5.69 Å². The molecule has 0 saturated heterocycles. The van der Waals surface area contributed by atoms with Crippen LogP contribution in [0.25, 0.3) is 0 Å². The Morgan fingerprint density at radius 3 is 2.35 bits per heavy atom. The summed E-state index contributed by atoms with van der Waals surface area (Å²) in [6.07, 6.45) is 1.65. The molecule has 6 nitrogen and oxygen atoms in total. The highest BCUT2D eigenvalue weighted by molar-refractivity contribution is 6.04. The number of ether oxygens (including phenoxy) is 4. The second-order valence-electron chi connectivity index (χ2n) is 6.43. The molecule has 160 valence electrons. The average molecular weight is 419 g/mol. The van der Waals surface area contributed by atoms with E-state index in [1.807, 2.05) is 31.2 Å². The average Bonchev–Trinajstić information content (AvgIpc) is 2.80. The molecule has 0 aliphatic carbocycles. The van der Waals surface area contributed by atoms with Gasteiger partial charge in [0.15, 0.2) is 23.0 Å². The molecule has 1 amide bonds. The number of carbonyl (C=O) groups excluding carboxylic acids is 1. The summed E-state index contributed by atoms with van der Waals surface area (Å²) in [7, 11) is 1.59. The normalized spacial score (nSPS) is 10.1. The van der Waals surface area contributed by atoms with E-state index in [1.165, 1.54) is 0 Å². The van der Waals surface area contributed by atoms with E-state index >= 15 is 0 Å². The minimum absolute atomic E-state index is 0.255. The third kappa shape index (κ3) is 5.79. The number of benzene rings is 3. The summed E-state index contributed by atoms with van der Waals surface area (Å²) >= 11 is 0. The van der Waals surface area contributed by atoms with Crippen LogP contribution in [-0.2, 0) is 0 Å². The zero-order chi connectivity index (χ0) is 22.1. The van der Waals surface area contributed by atoms with Gasteiger partial charge in [-0.1, -0.05) is 24.8 Å². The van der Waals surface area contributed by atoms with Gasteiger partial charge in [0.1, 0.15) is 12.4 Å². The molecule has 3 aromatic carbocycles. The Balaban J connectivity index is 1.69. The molecule has 31 heavy (non-hydrogen) atoms. The van der Waals surface area contributed by atoms with Gasteiger partial charge in [-0.25, -0.2) is 0 Å². The molecule has 0 radical (unpaired) electrons. The molecule has 0 unspecified atom stereocenters. The fourth-order valence-electron chi connectivity index (χ4n) is 2.83. The number of methoxy groups -OCH3 is 1. The lowest BCUT2D eigenvalue weighted by atomic mass is 10.1. The molecule has 3 rings (SSSR count). The van der Waals surface area contributed by atoms with Gasteiger partial charge in [0.2, 0.25) is 0 Å². The van der Waals surface area contributed by atoms with Gasteiger partial charge >= 0.3 is 0 Å². The highest BCUT2D eigenvalue weighted by Crippen LogP contribution is 2.32. The smallest absolute Gasteiger partial charge is 0.255 e. The van der Waals surface area contributed by atoms with Crippen LogP contribution in [0.2, 0.25) is 0 Å². The Morgan fingerprint density at radius 2 is 1.68 bits per heavy atom. The molecule has 3 aromatic rings. The quantitative estimate of drug-likeness (QED) is 0.427. The first-order valence-corrected chi connectivity index (χ1v) is 9.87. The highest BCUT2D eigenvalue weighted by Gasteiger charge is 2.12. The highest BCUT2D eigenvalue weighted by atomic mass is 16.5. The van der Waals surface area contributed by atoms with E-state index < -0.39 is 0 Å². The Bertz CT molecular complexity index is 1030. The first-order valence-electron chi connectivity index (χ1n) is 9.87. The number of nitrogens with one attached hydrogen (secondary N) is 1. The first kappa shape index (κ1) is 21.8. The van der Waals surface area contributed by atoms with Crippen molar-refractivity contribution in [2.45, 2.75) is 6.92 Å². The molecule has 6 heteroatoms. The molecular formula is C25H25NO5. The summed E-state index contributed by atoms with van der Waals surface area (Å²) in [6.45, 7) is 6.33. The minimum Gasteiger partial charge on any atom is -0.493 e. The van der Waals surface area contributed by atoms with E-state index in [0.717, 1.165) is 0 Å². The van der Waals surface area contributed by atoms with Gasteiger partial charge in [0.05, 0.1) is 13.7 Å². The maximum Gasteiger partial charge on any atom is 0.255 e. The summed E-state index contributed by atoms with van der Waals surface area (Å²) in [4.78, 5) is 12.7. The Hall–Kier alpha value is -3.93. The zero-order valence-corrected chi connectivity index (χ0v) is 17.6. The fraction of sp³-hybridized carbons (Fsp3) is 0.160. The lowest BCUT2D eigenvalue weighted by molar-refractivity contribution is 0.102. The van der Waals surface area contributed by atoms with Crippen molar-refractivity contribution in [3.8, 4) is 28.7 Å². The topological polar surface area (TPSA) is 66.0 Å². The molecule has 0 heterocycles. The van der Waals surface area contributed by atoms with Crippen LogP contribution in [0.3, 0.4) is 0 Å². The second kappa shape index (κ2) is 10.7. The van der Waals surface area contributed by atoms with Crippen molar-refractivity contribution in [3.63, 3.8) is 0 Å². The van der Waals surface area contributed by atoms with Gasteiger partial charge in [0, 0.05) is 11.3 Å². The number of para-hydroxylation sites is 2. The summed E-state index contributed by atoms with van der Waals surface area (Å²) in [6, 6.07) is 19.6. The van der Waals surface area contributed by atoms with E-state index in [2.05, 4.69) is 11.9 Å². The molecule has 0 aromatic heterocycles. The largest absolute Gasteiger partial charge is 0.493 e. The van der Waals surface area contributed by atoms with Crippen LogP contribution in [0.1, 0.15) is 17.3 Å². The monoisotopic (exact) mass is 419 g/mol. The van der Waals surface area contributed by atoms with Gasteiger partial charge < -0.3 is 24.3 Å². The molecule has 0 atom stereocenters. The Kier molecular flexibility index (Phi) is 7.54. The van der Waals surface area contributed by atoms with Crippen molar-refractivity contribution in [1.29, 1.82) is 0 Å². The number of anilines is 1. The fourth-order valence-corrected chi connectivity index (χ4v) is 2.83. The van der Waals surface area contributed by atoms with E-state index in [1.54, 1.807) is 55.7 Å². The van der Waals surface area contributed by atoms with Crippen molar-refractivity contribution in [1.82, 2.24) is 0 Å². The maximum atomic E-state index is 12.7. The predicted octanol–water partition coefficient (Wildman–Crippen LogP) is 5.70.